The van der Waals surface area contributed by atoms with E-state index in [1.807, 2.05) is 31.2 Å². The number of hydrogen-bond donors (Lipinski definition) is 0. The van der Waals surface area contributed by atoms with Crippen LogP contribution in [0.5, 0.6) is 5.75 Å². The van der Waals surface area contributed by atoms with E-state index in [0.717, 1.165) is 11.3 Å². The highest BCUT2D eigenvalue weighted by atomic mass is 35.5. The lowest BCUT2D eigenvalue weighted by molar-refractivity contribution is 0.371. The molecule has 0 fully saturated rings. The maximum atomic E-state index is 12.3. The number of halogens is 1. The number of para-hydroxylation sites is 1. The summed E-state index contributed by atoms with van der Waals surface area (Å²) in [6.45, 7) is 3.50. The Kier molecular flexibility index (Phi) is 6.30. The summed E-state index contributed by atoms with van der Waals surface area (Å²) in [7, 11) is -0.161. The second kappa shape index (κ2) is 7.29. The molecule has 0 amide bonds. The molecule has 6 heteroatoms. The van der Waals surface area contributed by atoms with Crippen molar-refractivity contribution in [3.05, 3.63) is 29.8 Å². The Balaban J connectivity index is 2.88. The van der Waals surface area contributed by atoms with Gasteiger partial charge in [0.05, 0.1) is 12.4 Å². The lowest BCUT2D eigenvalue weighted by Gasteiger charge is -2.27. The van der Waals surface area contributed by atoms with Crippen molar-refractivity contribution in [2.75, 3.05) is 20.0 Å². The molecule has 20 heavy (non-hydrogen) atoms. The quantitative estimate of drug-likeness (QED) is 0.725. The van der Waals surface area contributed by atoms with Gasteiger partial charge in [0, 0.05) is 19.0 Å². The van der Waals surface area contributed by atoms with Crippen molar-refractivity contribution in [3.63, 3.8) is 0 Å². The maximum Gasteiger partial charge on any atom is 0.217 e. The molecular formula is C14H22ClNO3S. The summed E-state index contributed by atoms with van der Waals surface area (Å²) in [5.41, 5.74) is 0.989. The Morgan fingerprint density at radius 3 is 2.45 bits per heavy atom. The normalized spacial score (nSPS) is 15.1. The summed E-state index contributed by atoms with van der Waals surface area (Å²) in [5.74, 6) is 0.865. The molecule has 0 N–H and O–H groups in total. The van der Waals surface area contributed by atoms with Crippen molar-refractivity contribution in [3.8, 4) is 5.75 Å². The standard InChI is InChI=1S/C14H22ClNO3S/c1-11(16(3)20(17,18)12(2)10-15)9-13-7-5-6-8-14(13)19-4/h5-8,11-12H,9-10H2,1-4H3. The zero-order valence-electron chi connectivity index (χ0n) is 12.3. The summed E-state index contributed by atoms with van der Waals surface area (Å²) in [5, 5.41) is -0.589. The van der Waals surface area contributed by atoms with E-state index >= 15 is 0 Å². The third kappa shape index (κ3) is 3.87. The van der Waals surface area contributed by atoms with Gasteiger partial charge in [0.25, 0.3) is 0 Å². The molecule has 2 unspecified atom stereocenters. The third-order valence-electron chi connectivity index (χ3n) is 3.46. The molecule has 0 aromatic heterocycles. The first kappa shape index (κ1) is 17.3. The van der Waals surface area contributed by atoms with Crippen LogP contribution in [0.25, 0.3) is 0 Å². The van der Waals surface area contributed by atoms with Crippen LogP contribution in [0.2, 0.25) is 0 Å². The molecule has 0 radical (unpaired) electrons. The molecular weight excluding hydrogens is 298 g/mol. The maximum absolute atomic E-state index is 12.3. The van der Waals surface area contributed by atoms with Gasteiger partial charge in [0.2, 0.25) is 10.0 Å². The van der Waals surface area contributed by atoms with Gasteiger partial charge in [-0.05, 0) is 31.9 Å². The Morgan fingerprint density at radius 2 is 1.90 bits per heavy atom. The molecule has 0 aliphatic carbocycles. The monoisotopic (exact) mass is 319 g/mol. The Hall–Kier alpha value is -0.780. The van der Waals surface area contributed by atoms with Gasteiger partial charge in [0.15, 0.2) is 0 Å². The number of benzene rings is 1. The van der Waals surface area contributed by atoms with E-state index in [2.05, 4.69) is 0 Å². The number of nitrogens with zero attached hydrogens (tertiary/aromatic N) is 1. The molecule has 1 aromatic rings. The predicted molar refractivity (Wildman–Crippen MR) is 83.0 cm³/mol. The number of methoxy groups -OCH3 is 1. The first-order valence-corrected chi connectivity index (χ1v) is 8.53. The summed E-state index contributed by atoms with van der Waals surface area (Å²) in [6.07, 6.45) is 0.592. The van der Waals surface area contributed by atoms with Crippen molar-refractivity contribution in [2.24, 2.45) is 0 Å². The fourth-order valence-electron chi connectivity index (χ4n) is 1.93. The van der Waals surface area contributed by atoms with Gasteiger partial charge in [-0.25, -0.2) is 12.7 Å². The van der Waals surface area contributed by atoms with Gasteiger partial charge in [-0.2, -0.15) is 0 Å². The zero-order valence-corrected chi connectivity index (χ0v) is 13.9. The summed E-state index contributed by atoms with van der Waals surface area (Å²) >= 11 is 5.67. The van der Waals surface area contributed by atoms with Crippen molar-refractivity contribution in [2.45, 2.75) is 31.6 Å². The van der Waals surface area contributed by atoms with Crippen LogP contribution in [0, 0.1) is 0 Å². The summed E-state index contributed by atoms with van der Waals surface area (Å²) < 4.78 is 31.2. The summed E-state index contributed by atoms with van der Waals surface area (Å²) in [6, 6.07) is 7.46. The highest BCUT2D eigenvalue weighted by molar-refractivity contribution is 7.89. The molecule has 4 nitrogen and oxygen atoms in total. The Bertz CT molecular complexity index is 533. The largest absolute Gasteiger partial charge is 0.496 e. The van der Waals surface area contributed by atoms with Gasteiger partial charge < -0.3 is 4.74 Å². The van der Waals surface area contributed by atoms with Gasteiger partial charge in [0.1, 0.15) is 5.75 Å². The molecule has 0 heterocycles. The minimum absolute atomic E-state index is 0.0913. The SMILES string of the molecule is COc1ccccc1CC(C)N(C)S(=O)(=O)C(C)CCl. The van der Waals surface area contributed by atoms with Crippen LogP contribution in [0.1, 0.15) is 19.4 Å². The van der Waals surface area contributed by atoms with E-state index in [9.17, 15) is 8.42 Å². The molecule has 1 aromatic carbocycles. The van der Waals surface area contributed by atoms with E-state index in [1.54, 1.807) is 21.1 Å². The number of alkyl halides is 1. The van der Waals surface area contributed by atoms with Gasteiger partial charge in [-0.1, -0.05) is 18.2 Å². The average Bonchev–Trinajstić information content (AvgIpc) is 2.45. The van der Waals surface area contributed by atoms with Crippen molar-refractivity contribution >= 4 is 21.6 Å². The average molecular weight is 320 g/mol. The summed E-state index contributed by atoms with van der Waals surface area (Å²) in [4.78, 5) is 0. The van der Waals surface area contributed by atoms with Crippen LogP contribution >= 0.6 is 11.6 Å². The third-order valence-corrected chi connectivity index (χ3v) is 6.45. The van der Waals surface area contributed by atoms with Crippen molar-refractivity contribution < 1.29 is 13.2 Å². The van der Waals surface area contributed by atoms with Crippen molar-refractivity contribution in [1.29, 1.82) is 0 Å². The molecule has 0 bridgehead atoms. The molecule has 0 saturated heterocycles. The molecule has 114 valence electrons. The van der Waals surface area contributed by atoms with Crippen molar-refractivity contribution in [1.82, 2.24) is 4.31 Å². The first-order chi connectivity index (χ1) is 9.34. The molecule has 2 atom stereocenters. The van der Waals surface area contributed by atoms with Gasteiger partial charge in [-0.3, -0.25) is 0 Å². The van der Waals surface area contributed by atoms with Crippen LogP contribution < -0.4 is 4.74 Å². The second-order valence-corrected chi connectivity index (χ2v) is 7.61. The van der Waals surface area contributed by atoms with E-state index < -0.39 is 15.3 Å². The lowest BCUT2D eigenvalue weighted by atomic mass is 10.1. The number of hydrogen-bond acceptors (Lipinski definition) is 3. The van der Waals surface area contributed by atoms with E-state index in [1.165, 1.54) is 4.31 Å². The van der Waals surface area contributed by atoms with Crippen LogP contribution in [0.3, 0.4) is 0 Å². The highest BCUT2D eigenvalue weighted by Gasteiger charge is 2.29. The molecule has 0 saturated carbocycles. The molecule has 0 spiro atoms. The number of likely N-dealkylation sites (N-methyl/N-ethyl adjacent to an activating group) is 1. The van der Waals surface area contributed by atoms with Crippen LogP contribution in [0.15, 0.2) is 24.3 Å². The topological polar surface area (TPSA) is 46.6 Å². The highest BCUT2D eigenvalue weighted by Crippen LogP contribution is 2.22. The number of ether oxygens (including phenoxy) is 1. The van der Waals surface area contributed by atoms with Crippen LogP contribution in [-0.4, -0.2) is 44.1 Å². The fraction of sp³-hybridized carbons (Fsp3) is 0.571. The minimum Gasteiger partial charge on any atom is -0.496 e. The number of rotatable bonds is 7. The smallest absolute Gasteiger partial charge is 0.217 e. The minimum atomic E-state index is -3.37. The van der Waals surface area contributed by atoms with Gasteiger partial charge >= 0.3 is 0 Å². The van der Waals surface area contributed by atoms with E-state index in [0.29, 0.717) is 6.42 Å². The Morgan fingerprint density at radius 1 is 1.30 bits per heavy atom. The number of sulfonamides is 1. The second-order valence-electron chi connectivity index (χ2n) is 4.89. The van der Waals surface area contributed by atoms with E-state index in [4.69, 9.17) is 16.3 Å². The molecule has 1 rings (SSSR count). The fourth-order valence-corrected chi connectivity index (χ4v) is 3.71. The molecule has 0 aliphatic rings. The van der Waals surface area contributed by atoms with Crippen LogP contribution in [0.4, 0.5) is 0 Å². The van der Waals surface area contributed by atoms with Gasteiger partial charge in [-0.15, -0.1) is 11.6 Å². The lowest BCUT2D eigenvalue weighted by Crippen LogP contribution is -2.41. The van der Waals surface area contributed by atoms with E-state index in [-0.39, 0.29) is 11.9 Å². The van der Waals surface area contributed by atoms with Crippen LogP contribution in [-0.2, 0) is 16.4 Å². The predicted octanol–water partition coefficient (Wildman–Crippen LogP) is 2.52. The first-order valence-electron chi connectivity index (χ1n) is 6.49. The molecule has 0 aliphatic heterocycles. The Labute approximate surface area is 126 Å². The zero-order chi connectivity index (χ0) is 15.3.